The molecule has 0 aromatic rings. The zero-order valence-electron chi connectivity index (χ0n) is 6.93. The van der Waals surface area contributed by atoms with Crippen LogP contribution in [0.2, 0.25) is 0 Å². The summed E-state index contributed by atoms with van der Waals surface area (Å²) in [6.45, 7) is 7.85. The molecule has 10 heavy (non-hydrogen) atoms. The lowest BCUT2D eigenvalue weighted by molar-refractivity contribution is -0.782. The van der Waals surface area contributed by atoms with Crippen molar-refractivity contribution in [3.8, 4) is 0 Å². The second-order valence-electron chi connectivity index (χ2n) is 1.74. The van der Waals surface area contributed by atoms with Crippen LogP contribution in [0.4, 0.5) is 0 Å². The van der Waals surface area contributed by atoms with E-state index in [9.17, 15) is 0 Å². The molecule has 3 heteroatoms. The summed E-state index contributed by atoms with van der Waals surface area (Å²) in [7, 11) is 0. The highest BCUT2D eigenvalue weighted by molar-refractivity contribution is 5.49. The normalized spacial score (nSPS) is 10.5. The van der Waals surface area contributed by atoms with Crippen LogP contribution >= 0.6 is 0 Å². The third-order valence-corrected chi connectivity index (χ3v) is 0.993. The number of hydrogen-bond acceptors (Lipinski definition) is 1. The predicted molar refractivity (Wildman–Crippen MR) is 38.8 cm³/mol. The van der Waals surface area contributed by atoms with Crippen molar-refractivity contribution in [1.82, 2.24) is 0 Å². The highest BCUT2D eigenvalue weighted by Crippen LogP contribution is 1.78. The van der Waals surface area contributed by atoms with Gasteiger partial charge in [-0.05, 0) is 18.6 Å². The first-order valence-electron chi connectivity index (χ1n) is 3.58. The van der Waals surface area contributed by atoms with Gasteiger partial charge >= 0.3 is 0 Å². The summed E-state index contributed by atoms with van der Waals surface area (Å²) in [5.41, 5.74) is 0. The van der Waals surface area contributed by atoms with Crippen LogP contribution in [0.3, 0.4) is 0 Å². The second kappa shape index (κ2) is 9.20. The molecule has 0 aliphatic heterocycles. The molecule has 0 atom stereocenters. The van der Waals surface area contributed by atoms with Crippen molar-refractivity contribution in [3.63, 3.8) is 0 Å². The van der Waals surface area contributed by atoms with Crippen LogP contribution in [0.15, 0.2) is 0 Å². The van der Waals surface area contributed by atoms with E-state index < -0.39 is 0 Å². The Morgan fingerprint density at radius 1 is 1.30 bits per heavy atom. The van der Waals surface area contributed by atoms with E-state index in [1.807, 2.05) is 17.9 Å². The molecular formula is C7H16INO. The Morgan fingerprint density at radius 3 is 2.20 bits per heavy atom. The maximum absolute atomic E-state index is 5.21. The van der Waals surface area contributed by atoms with Gasteiger partial charge in [-0.1, -0.05) is 6.92 Å². The van der Waals surface area contributed by atoms with Gasteiger partial charge < -0.3 is 24.0 Å². The van der Waals surface area contributed by atoms with Gasteiger partial charge in [0.2, 0.25) is 0 Å². The van der Waals surface area contributed by atoms with Crippen LogP contribution in [-0.4, -0.2) is 24.1 Å². The Bertz CT molecular complexity index is 93.6. The Morgan fingerprint density at radius 2 is 1.90 bits per heavy atom. The van der Waals surface area contributed by atoms with Gasteiger partial charge in [-0.25, -0.2) is 0 Å². The van der Waals surface area contributed by atoms with Crippen molar-refractivity contribution in [2.75, 3.05) is 13.2 Å². The fraction of sp³-hybridized carbons (Fsp3) is 0.857. The molecule has 0 unspecified atom stereocenters. The topological polar surface area (TPSA) is 12.2 Å². The minimum absolute atomic E-state index is 0. The lowest BCUT2D eigenvalue weighted by Crippen LogP contribution is -3.00. The lowest BCUT2D eigenvalue weighted by Gasteiger charge is -1.95. The molecule has 0 N–H and O–H groups in total. The second-order valence-corrected chi connectivity index (χ2v) is 1.74. The van der Waals surface area contributed by atoms with E-state index in [1.54, 1.807) is 0 Å². The monoisotopic (exact) mass is 257 g/mol. The quantitative estimate of drug-likeness (QED) is 0.257. The molecule has 0 saturated carbocycles. The Hall–Kier alpha value is 0.200. The number of hydrogen-bond donors (Lipinski definition) is 0. The molecule has 0 saturated heterocycles. The summed E-state index contributed by atoms with van der Waals surface area (Å²) in [5, 5.41) is 0. The van der Waals surface area contributed by atoms with Crippen LogP contribution in [0.5, 0.6) is 0 Å². The molecule has 0 aliphatic rings. The number of rotatable bonds is 4. The van der Waals surface area contributed by atoms with Gasteiger partial charge in [-0.3, -0.25) is 4.84 Å². The van der Waals surface area contributed by atoms with E-state index >= 15 is 0 Å². The zero-order chi connectivity index (χ0) is 7.11. The molecule has 0 radical (unpaired) electrons. The minimum atomic E-state index is 0. The van der Waals surface area contributed by atoms with Gasteiger partial charge in [0.05, 0.1) is 0 Å². The van der Waals surface area contributed by atoms with Gasteiger partial charge in [0.15, 0.2) is 19.4 Å². The Labute approximate surface area is 80.2 Å². The lowest BCUT2D eigenvalue weighted by atomic mass is 10.5. The van der Waals surface area contributed by atoms with Crippen LogP contribution in [0.1, 0.15) is 27.2 Å². The first-order valence-corrected chi connectivity index (χ1v) is 3.58. The predicted octanol–water partition coefficient (Wildman–Crippen LogP) is -1.54. The summed E-state index contributed by atoms with van der Waals surface area (Å²) < 4.78 is 1.86. The Kier molecular flexibility index (Phi) is 11.8. The largest absolute Gasteiger partial charge is 1.00 e. The van der Waals surface area contributed by atoms with E-state index in [0.717, 1.165) is 19.6 Å². The van der Waals surface area contributed by atoms with Crippen molar-refractivity contribution < 1.29 is 33.6 Å². The van der Waals surface area contributed by atoms with Crippen LogP contribution in [-0.2, 0) is 4.84 Å². The average molecular weight is 257 g/mol. The van der Waals surface area contributed by atoms with Crippen LogP contribution in [0, 0.1) is 0 Å². The van der Waals surface area contributed by atoms with Gasteiger partial charge in [0.25, 0.3) is 0 Å². The van der Waals surface area contributed by atoms with Crippen LogP contribution in [0.25, 0.3) is 0 Å². The highest BCUT2D eigenvalue weighted by atomic mass is 127. The Balaban J connectivity index is 0. The molecule has 0 aromatic carbocycles. The average Bonchev–Trinajstić information content (AvgIpc) is 1.88. The standard InChI is InChI=1S/C7H16NO.HI/c1-4-7-8(5-2)9-6-3;/h7H,4-6H2,1-3H3;1H/q+1;/p-1. The minimum Gasteiger partial charge on any atom is -1.00 e. The van der Waals surface area contributed by atoms with E-state index in [4.69, 9.17) is 4.84 Å². The molecule has 2 nitrogen and oxygen atoms in total. The molecule has 0 fully saturated rings. The van der Waals surface area contributed by atoms with Gasteiger partial charge in [0.1, 0.15) is 0 Å². The summed E-state index contributed by atoms with van der Waals surface area (Å²) in [4.78, 5) is 5.21. The summed E-state index contributed by atoms with van der Waals surface area (Å²) >= 11 is 0. The van der Waals surface area contributed by atoms with Gasteiger partial charge in [0, 0.05) is 6.42 Å². The van der Waals surface area contributed by atoms with E-state index in [-0.39, 0.29) is 24.0 Å². The molecule has 0 spiro atoms. The number of hydroxylamine groups is 1. The summed E-state index contributed by atoms with van der Waals surface area (Å²) in [6.07, 6.45) is 3.08. The van der Waals surface area contributed by atoms with E-state index in [1.165, 1.54) is 0 Å². The molecule has 0 rings (SSSR count). The van der Waals surface area contributed by atoms with E-state index in [0.29, 0.717) is 0 Å². The zero-order valence-corrected chi connectivity index (χ0v) is 9.09. The van der Waals surface area contributed by atoms with Crippen molar-refractivity contribution in [2.24, 2.45) is 0 Å². The summed E-state index contributed by atoms with van der Waals surface area (Å²) in [6, 6.07) is 0. The third-order valence-electron chi connectivity index (χ3n) is 0.993. The van der Waals surface area contributed by atoms with E-state index in [2.05, 4.69) is 13.8 Å². The first kappa shape index (κ1) is 12.8. The molecule has 0 amide bonds. The van der Waals surface area contributed by atoms with Crippen molar-refractivity contribution in [1.29, 1.82) is 0 Å². The van der Waals surface area contributed by atoms with Gasteiger partial charge in [-0.15, -0.1) is 0 Å². The third kappa shape index (κ3) is 6.32. The molecule has 0 aromatic heterocycles. The molecule has 0 heterocycles. The number of nitrogens with zero attached hydrogens (tertiary/aromatic N) is 1. The molecular weight excluding hydrogens is 241 g/mol. The molecule has 62 valence electrons. The van der Waals surface area contributed by atoms with Crippen molar-refractivity contribution in [3.05, 3.63) is 0 Å². The maximum Gasteiger partial charge on any atom is 0.192 e. The smallest absolute Gasteiger partial charge is 0.192 e. The maximum atomic E-state index is 5.21. The summed E-state index contributed by atoms with van der Waals surface area (Å²) in [5.74, 6) is 0. The van der Waals surface area contributed by atoms with Crippen molar-refractivity contribution >= 4 is 6.21 Å². The first-order chi connectivity index (χ1) is 4.35. The SMILES string of the molecule is CCC=[N+](CC)OCC.[I-]. The van der Waals surface area contributed by atoms with Crippen molar-refractivity contribution in [2.45, 2.75) is 27.2 Å². The fourth-order valence-electron chi connectivity index (χ4n) is 0.643. The van der Waals surface area contributed by atoms with Gasteiger partial charge in [-0.2, -0.15) is 0 Å². The van der Waals surface area contributed by atoms with Crippen LogP contribution < -0.4 is 24.0 Å². The molecule has 0 aliphatic carbocycles. The fourth-order valence-corrected chi connectivity index (χ4v) is 0.643. The molecule has 0 bridgehead atoms. The number of halogens is 1. The highest BCUT2D eigenvalue weighted by Gasteiger charge is 1.95.